The van der Waals surface area contributed by atoms with Gasteiger partial charge in [-0.05, 0) is 95.2 Å². The average Bonchev–Trinajstić information content (AvgIpc) is 3.04. The van der Waals surface area contributed by atoms with Crippen molar-refractivity contribution in [1.82, 2.24) is 4.90 Å². The first-order valence-corrected chi connectivity index (χ1v) is 12.2. The van der Waals surface area contributed by atoms with E-state index in [9.17, 15) is 19.2 Å². The SMILES string of the molecule is COC(=O)COc1c(I)cc(/C=C2\SC(=O)N(CC(=O)Nc3cc(C)cc(C)c3)C2=O)cc1OC. The largest absolute Gasteiger partial charge is 0.493 e. The van der Waals surface area contributed by atoms with Crippen molar-refractivity contribution in [3.8, 4) is 11.5 Å². The highest BCUT2D eigenvalue weighted by molar-refractivity contribution is 14.1. The number of amides is 3. The number of rotatable bonds is 8. The van der Waals surface area contributed by atoms with Crippen molar-refractivity contribution >= 4 is 69.1 Å². The molecule has 11 heteroatoms. The maximum Gasteiger partial charge on any atom is 0.343 e. The standard InChI is InChI=1S/C24H23IN2O7S/c1-13-5-14(2)7-16(6-13)26-20(28)11-27-23(30)19(35-24(27)31)10-15-8-17(25)22(18(9-15)32-3)34-12-21(29)33-4/h5-10H,11-12H2,1-4H3,(H,26,28)/b19-10-. The highest BCUT2D eigenvalue weighted by Crippen LogP contribution is 2.37. The van der Waals surface area contributed by atoms with Crippen LogP contribution in [0.4, 0.5) is 10.5 Å². The number of carbonyl (C=O) groups is 4. The zero-order valence-electron chi connectivity index (χ0n) is 19.5. The van der Waals surface area contributed by atoms with Gasteiger partial charge >= 0.3 is 5.97 Å². The van der Waals surface area contributed by atoms with Gasteiger partial charge in [0.15, 0.2) is 18.1 Å². The first kappa shape index (κ1) is 26.5. The van der Waals surface area contributed by atoms with Crippen LogP contribution in [0, 0.1) is 17.4 Å². The van der Waals surface area contributed by atoms with Gasteiger partial charge in [-0.25, -0.2) is 4.79 Å². The third-order valence-corrected chi connectivity index (χ3v) is 6.50. The number of nitrogens with zero attached hydrogens (tertiary/aromatic N) is 1. The van der Waals surface area contributed by atoms with Crippen LogP contribution >= 0.6 is 34.4 Å². The van der Waals surface area contributed by atoms with Crippen molar-refractivity contribution in [2.24, 2.45) is 0 Å². The Balaban J connectivity index is 1.74. The van der Waals surface area contributed by atoms with Crippen LogP contribution in [-0.2, 0) is 19.1 Å². The molecule has 1 heterocycles. The smallest absolute Gasteiger partial charge is 0.343 e. The molecule has 9 nitrogen and oxygen atoms in total. The number of benzene rings is 2. The van der Waals surface area contributed by atoms with Crippen molar-refractivity contribution in [2.45, 2.75) is 13.8 Å². The molecule has 0 unspecified atom stereocenters. The molecule has 0 aliphatic carbocycles. The van der Waals surface area contributed by atoms with Gasteiger partial charge in [-0.1, -0.05) is 6.07 Å². The third-order valence-electron chi connectivity index (χ3n) is 4.79. The molecule has 184 valence electrons. The Kier molecular flexibility index (Phi) is 8.78. The molecule has 1 N–H and O–H groups in total. The van der Waals surface area contributed by atoms with Crippen molar-refractivity contribution in [3.63, 3.8) is 0 Å². The molecule has 2 aromatic rings. The second-order valence-electron chi connectivity index (χ2n) is 7.59. The second-order valence-corrected chi connectivity index (χ2v) is 9.75. The summed E-state index contributed by atoms with van der Waals surface area (Å²) >= 11 is 2.77. The molecule has 0 radical (unpaired) electrons. The summed E-state index contributed by atoms with van der Waals surface area (Å²) in [4.78, 5) is 50.3. The summed E-state index contributed by atoms with van der Waals surface area (Å²) in [5, 5.41) is 2.20. The molecule has 3 rings (SSSR count). The Hall–Kier alpha value is -3.06. The van der Waals surface area contributed by atoms with Crippen LogP contribution in [0.2, 0.25) is 0 Å². The molecular formula is C24H23IN2O7S. The molecule has 35 heavy (non-hydrogen) atoms. The van der Waals surface area contributed by atoms with E-state index in [0.717, 1.165) is 27.8 Å². The minimum Gasteiger partial charge on any atom is -0.493 e. The van der Waals surface area contributed by atoms with Crippen LogP contribution in [0.5, 0.6) is 11.5 Å². The summed E-state index contributed by atoms with van der Waals surface area (Å²) in [6.45, 7) is 3.15. The molecule has 0 bridgehead atoms. The fraction of sp³-hybridized carbons (Fsp3) is 0.250. The fourth-order valence-electron chi connectivity index (χ4n) is 3.33. The number of aryl methyl sites for hydroxylation is 2. The summed E-state index contributed by atoms with van der Waals surface area (Å²) in [5.74, 6) is -0.870. The van der Waals surface area contributed by atoms with Crippen molar-refractivity contribution in [2.75, 3.05) is 32.7 Å². The van der Waals surface area contributed by atoms with Gasteiger partial charge in [0, 0.05) is 5.69 Å². The van der Waals surface area contributed by atoms with E-state index in [-0.39, 0.29) is 11.5 Å². The van der Waals surface area contributed by atoms with Crippen LogP contribution in [0.15, 0.2) is 35.2 Å². The number of esters is 1. The molecule has 2 aromatic carbocycles. The van der Waals surface area contributed by atoms with E-state index in [1.807, 2.05) is 54.6 Å². The van der Waals surface area contributed by atoms with E-state index in [2.05, 4.69) is 10.1 Å². The molecule has 1 saturated heterocycles. The first-order valence-electron chi connectivity index (χ1n) is 10.3. The lowest BCUT2D eigenvalue weighted by atomic mass is 10.1. The molecule has 1 fully saturated rings. The minimum atomic E-state index is -0.560. The lowest BCUT2D eigenvalue weighted by Gasteiger charge is -2.13. The summed E-state index contributed by atoms with van der Waals surface area (Å²) in [7, 11) is 2.71. The topological polar surface area (TPSA) is 111 Å². The molecule has 1 aliphatic heterocycles. The Morgan fingerprint density at radius 2 is 1.77 bits per heavy atom. The van der Waals surface area contributed by atoms with Crippen LogP contribution in [0.1, 0.15) is 16.7 Å². The lowest BCUT2D eigenvalue weighted by Crippen LogP contribution is -2.36. The maximum absolute atomic E-state index is 12.9. The van der Waals surface area contributed by atoms with Gasteiger partial charge in [-0.3, -0.25) is 19.3 Å². The quantitative estimate of drug-likeness (QED) is 0.270. The average molecular weight is 610 g/mol. The number of imide groups is 1. The fourth-order valence-corrected chi connectivity index (χ4v) is 4.95. The lowest BCUT2D eigenvalue weighted by molar-refractivity contribution is -0.143. The second kappa shape index (κ2) is 11.6. The van der Waals surface area contributed by atoms with Gasteiger partial charge < -0.3 is 19.5 Å². The molecule has 0 atom stereocenters. The first-order chi connectivity index (χ1) is 16.6. The third kappa shape index (κ3) is 6.75. The van der Waals surface area contributed by atoms with Gasteiger partial charge in [-0.15, -0.1) is 0 Å². The van der Waals surface area contributed by atoms with Gasteiger partial charge in [0.2, 0.25) is 5.91 Å². The van der Waals surface area contributed by atoms with Gasteiger partial charge in [-0.2, -0.15) is 0 Å². The van der Waals surface area contributed by atoms with E-state index in [0.29, 0.717) is 26.3 Å². The van der Waals surface area contributed by atoms with E-state index < -0.39 is 29.6 Å². The number of anilines is 1. The molecule has 0 saturated carbocycles. The van der Waals surface area contributed by atoms with Crippen LogP contribution in [0.25, 0.3) is 6.08 Å². The van der Waals surface area contributed by atoms with E-state index in [1.54, 1.807) is 18.2 Å². The Bertz CT molecular complexity index is 1210. The molecule has 0 aromatic heterocycles. The Morgan fingerprint density at radius 3 is 2.40 bits per heavy atom. The summed E-state index contributed by atoms with van der Waals surface area (Å²) in [6.07, 6.45) is 1.54. The monoisotopic (exact) mass is 610 g/mol. The van der Waals surface area contributed by atoms with E-state index in [4.69, 9.17) is 9.47 Å². The van der Waals surface area contributed by atoms with Crippen LogP contribution in [0.3, 0.4) is 0 Å². The Labute approximate surface area is 220 Å². The van der Waals surface area contributed by atoms with E-state index in [1.165, 1.54) is 14.2 Å². The maximum atomic E-state index is 12.9. The van der Waals surface area contributed by atoms with E-state index >= 15 is 0 Å². The molecule has 1 aliphatic rings. The minimum absolute atomic E-state index is 0.176. The van der Waals surface area contributed by atoms with Crippen LogP contribution in [-0.4, -0.2) is 55.3 Å². The molecular weight excluding hydrogens is 587 g/mol. The highest BCUT2D eigenvalue weighted by atomic mass is 127. The van der Waals surface area contributed by atoms with Crippen molar-refractivity contribution in [3.05, 3.63) is 55.5 Å². The number of thioether (sulfide) groups is 1. The summed E-state index contributed by atoms with van der Waals surface area (Å²) in [6, 6.07) is 8.94. The van der Waals surface area contributed by atoms with Gasteiger partial charge in [0.25, 0.3) is 11.1 Å². The number of halogens is 1. The molecule has 3 amide bonds. The number of methoxy groups -OCH3 is 2. The van der Waals surface area contributed by atoms with Gasteiger partial charge in [0.05, 0.1) is 22.7 Å². The Morgan fingerprint density at radius 1 is 1.09 bits per heavy atom. The number of hydrogen-bond donors (Lipinski definition) is 1. The highest BCUT2D eigenvalue weighted by Gasteiger charge is 2.36. The predicted octanol–water partition coefficient (Wildman–Crippen LogP) is 4.14. The zero-order chi connectivity index (χ0) is 25.7. The van der Waals surface area contributed by atoms with Crippen molar-refractivity contribution in [1.29, 1.82) is 0 Å². The van der Waals surface area contributed by atoms with Crippen LogP contribution < -0.4 is 14.8 Å². The number of nitrogens with one attached hydrogen (secondary N) is 1. The number of hydrogen-bond acceptors (Lipinski definition) is 8. The van der Waals surface area contributed by atoms with Gasteiger partial charge in [0.1, 0.15) is 6.54 Å². The molecule has 0 spiro atoms. The predicted molar refractivity (Wildman–Crippen MR) is 140 cm³/mol. The summed E-state index contributed by atoms with van der Waals surface area (Å²) < 4.78 is 16.1. The number of ether oxygens (including phenoxy) is 3. The number of carbonyl (C=O) groups excluding carboxylic acids is 4. The zero-order valence-corrected chi connectivity index (χ0v) is 22.4. The van der Waals surface area contributed by atoms with Crippen molar-refractivity contribution < 1.29 is 33.4 Å². The normalized spacial score (nSPS) is 14.3. The summed E-state index contributed by atoms with van der Waals surface area (Å²) in [5.41, 5.74) is 3.16.